The SMILES string of the molecule is CCC1CC(O)C(C23CC4(C5CC(O)C(C67CC8(C9CC(O)[C@H](C)CC9O)CC(C9CC(O)[C@@H](C)CC9O)(C6)CC(C6CC(O)[C@@H](C)CC6O)(C7)C8)CC5O)CC(C5CC(O)[C@H](C)CC5O)(C2)CC(C2CC(O)[C@@H](C)CC2O)(C3)C4)CC1O. The molecule has 15 aliphatic rings. The van der Waals surface area contributed by atoms with Crippen molar-refractivity contribution >= 4 is 0 Å². The first-order chi connectivity index (χ1) is 39.0. The minimum Gasteiger partial charge on any atom is -0.393 e. The number of aliphatic hydroxyl groups is 14. The van der Waals surface area contributed by atoms with Crippen molar-refractivity contribution < 1.29 is 71.5 Å². The van der Waals surface area contributed by atoms with Crippen molar-refractivity contribution in [2.75, 3.05) is 0 Å². The molecule has 0 radical (unpaired) electrons. The number of aliphatic hydroxyl groups excluding tert-OH is 14. The predicted octanol–water partition coefficient (Wildman–Crippen LogP) is 6.39. The van der Waals surface area contributed by atoms with Gasteiger partial charge in [0.2, 0.25) is 0 Å². The summed E-state index contributed by atoms with van der Waals surface area (Å²) in [5, 5.41) is 175. The van der Waals surface area contributed by atoms with Crippen molar-refractivity contribution in [2.24, 2.45) is 126 Å². The van der Waals surface area contributed by atoms with Crippen molar-refractivity contribution in [1.29, 1.82) is 0 Å². The molecule has 29 unspecified atom stereocenters. The van der Waals surface area contributed by atoms with E-state index in [4.69, 9.17) is 0 Å². The summed E-state index contributed by atoms with van der Waals surface area (Å²) >= 11 is 0. The average molecular weight is 1170 g/mol. The van der Waals surface area contributed by atoms with Crippen LogP contribution in [0.1, 0.15) is 215 Å². The highest BCUT2D eigenvalue weighted by molar-refractivity contribution is 5.28. The van der Waals surface area contributed by atoms with Crippen LogP contribution >= 0.6 is 0 Å². The second kappa shape index (κ2) is 21.0. The Morgan fingerprint density at radius 1 is 0.205 bits per heavy atom. The van der Waals surface area contributed by atoms with Gasteiger partial charge in [0.15, 0.2) is 0 Å². The van der Waals surface area contributed by atoms with E-state index in [1.54, 1.807) is 0 Å². The topological polar surface area (TPSA) is 283 Å². The zero-order chi connectivity index (χ0) is 59.3. The maximum atomic E-state index is 13.9. The molecule has 14 nitrogen and oxygen atoms in total. The molecule has 474 valence electrons. The van der Waals surface area contributed by atoms with E-state index in [2.05, 4.69) is 6.92 Å². The maximum Gasteiger partial charge on any atom is 0.0578 e. The van der Waals surface area contributed by atoms with Gasteiger partial charge in [-0.3, -0.25) is 0 Å². The van der Waals surface area contributed by atoms with Gasteiger partial charge in [0.1, 0.15) is 0 Å². The third kappa shape index (κ3) is 9.43. The van der Waals surface area contributed by atoms with E-state index in [-0.39, 0.29) is 71.0 Å². The molecule has 15 rings (SSSR count). The van der Waals surface area contributed by atoms with Crippen LogP contribution in [-0.4, -0.2) is 157 Å². The second-order valence-corrected chi connectivity index (χ2v) is 35.2. The summed E-state index contributed by atoms with van der Waals surface area (Å²) in [6, 6.07) is 0. The van der Waals surface area contributed by atoms with Gasteiger partial charge in [0.25, 0.3) is 0 Å². The standard InChI is InChI=1S/C69H114O14/c1-7-39-13-59(81)45(19-53(39)75)67-26-65(43-17-51(73)37(5)11-57(43)79)25-66(27-67,44-18-52(74)38(6)12-58(44)80)32-69(31-65,33-67)47-21-60(82)46(20-61(47)83)68-28-62(40-14-48(70)34(2)8-54(40)76)22-63(29-68,41-15-49(71)35(3)9-55(41)77)24-64(23-62,30-68)42-16-50(72)36(4)10-56(42)78/h34-61,70-83H,7-33H2,1-6H3/t34-,35-,36+,37-,38+,39?,40?,41?,42?,43?,44?,45?,46?,47?,48?,49?,50?,51?,52?,53?,54?,55?,56?,57?,58?,59?,60?,61?,62?,63?,64?,65?,66?,67?,68?,69?/m0/s1. The lowest BCUT2D eigenvalue weighted by Gasteiger charge is -2.79. The third-order valence-electron chi connectivity index (χ3n) is 30.4. The van der Waals surface area contributed by atoms with Gasteiger partial charge in [0, 0.05) is 0 Å². The molecule has 0 aromatic carbocycles. The fourth-order valence-electron chi connectivity index (χ4n) is 27.9. The molecule has 83 heavy (non-hydrogen) atoms. The maximum absolute atomic E-state index is 13.9. The van der Waals surface area contributed by atoms with Gasteiger partial charge in [0.05, 0.1) is 85.5 Å². The Kier molecular flexibility index (Phi) is 15.5. The normalized spacial score (nSPS) is 63.3. The minimum atomic E-state index is -0.898. The summed E-state index contributed by atoms with van der Waals surface area (Å²) in [6.45, 7) is 12.1. The number of rotatable bonds is 9. The zero-order valence-corrected chi connectivity index (χ0v) is 51.5. The van der Waals surface area contributed by atoms with Crippen LogP contribution in [0, 0.1) is 126 Å². The first kappa shape index (κ1) is 61.3. The first-order valence-electron chi connectivity index (χ1n) is 34.5. The monoisotopic (exact) mass is 1170 g/mol. The van der Waals surface area contributed by atoms with Gasteiger partial charge < -0.3 is 71.5 Å². The predicted molar refractivity (Wildman–Crippen MR) is 311 cm³/mol. The fourth-order valence-corrected chi connectivity index (χ4v) is 27.9. The van der Waals surface area contributed by atoms with Crippen LogP contribution in [0.5, 0.6) is 0 Å². The van der Waals surface area contributed by atoms with Crippen LogP contribution in [-0.2, 0) is 0 Å². The Morgan fingerprint density at radius 2 is 0.349 bits per heavy atom. The molecule has 14 N–H and O–H groups in total. The molecule has 34 atom stereocenters. The summed E-state index contributed by atoms with van der Waals surface area (Å²) in [4.78, 5) is 0. The Hall–Kier alpha value is -0.560. The van der Waals surface area contributed by atoms with Gasteiger partial charge in [-0.2, -0.15) is 0 Å². The van der Waals surface area contributed by atoms with Crippen LogP contribution < -0.4 is 0 Å². The third-order valence-corrected chi connectivity index (χ3v) is 30.4. The molecule has 0 aliphatic heterocycles. The van der Waals surface area contributed by atoms with Crippen molar-refractivity contribution in [3.05, 3.63) is 0 Å². The second-order valence-electron chi connectivity index (χ2n) is 35.2. The molecule has 15 saturated carbocycles. The van der Waals surface area contributed by atoms with E-state index in [1.807, 2.05) is 34.6 Å². The van der Waals surface area contributed by atoms with Crippen molar-refractivity contribution in [2.45, 2.75) is 300 Å². The molecule has 0 aromatic heterocycles. The van der Waals surface area contributed by atoms with Gasteiger partial charge in [-0.05, 0) is 293 Å². The summed E-state index contributed by atoms with van der Waals surface area (Å²) in [7, 11) is 0. The molecule has 15 aliphatic carbocycles. The van der Waals surface area contributed by atoms with Crippen molar-refractivity contribution in [3.8, 4) is 0 Å². The van der Waals surface area contributed by atoms with Crippen LogP contribution in [0.2, 0.25) is 0 Å². The van der Waals surface area contributed by atoms with E-state index >= 15 is 0 Å². The zero-order valence-electron chi connectivity index (χ0n) is 51.5. The molecular formula is C69H114O14. The van der Waals surface area contributed by atoms with E-state index in [9.17, 15) is 71.5 Å². The smallest absolute Gasteiger partial charge is 0.0578 e. The molecule has 0 heterocycles. The average Bonchev–Trinajstić information content (AvgIpc) is 0.682. The highest BCUT2D eigenvalue weighted by atomic mass is 16.3. The molecule has 14 heteroatoms. The van der Waals surface area contributed by atoms with Gasteiger partial charge in [-0.25, -0.2) is 0 Å². The fraction of sp³-hybridized carbons (Fsp3) is 1.00. The summed E-state index contributed by atoms with van der Waals surface area (Å²) in [5.74, 6) is -3.18. The Morgan fingerprint density at radius 3 is 0.530 bits per heavy atom. The van der Waals surface area contributed by atoms with Crippen LogP contribution in [0.3, 0.4) is 0 Å². The molecule has 0 spiro atoms. The Labute approximate surface area is 496 Å². The highest BCUT2D eigenvalue weighted by Crippen LogP contribution is 2.85. The molecule has 15 fully saturated rings. The number of hydrogen-bond acceptors (Lipinski definition) is 14. The van der Waals surface area contributed by atoms with Gasteiger partial charge in [-0.1, -0.05) is 48.0 Å². The van der Waals surface area contributed by atoms with Gasteiger partial charge in [-0.15, -0.1) is 0 Å². The van der Waals surface area contributed by atoms with Crippen LogP contribution in [0.4, 0.5) is 0 Å². The number of hydrogen-bond donors (Lipinski definition) is 14. The summed E-state index contributed by atoms with van der Waals surface area (Å²) < 4.78 is 0. The quantitative estimate of drug-likeness (QED) is 0.119. The van der Waals surface area contributed by atoms with Gasteiger partial charge >= 0.3 is 0 Å². The van der Waals surface area contributed by atoms with E-state index < -0.39 is 141 Å². The molecule has 8 bridgehead atoms. The van der Waals surface area contributed by atoms with E-state index in [0.29, 0.717) is 167 Å². The molecule has 0 amide bonds. The first-order valence-corrected chi connectivity index (χ1v) is 34.5. The lowest BCUT2D eigenvalue weighted by Crippen LogP contribution is -2.73. The summed E-state index contributed by atoms with van der Waals surface area (Å²) in [5.41, 5.74) is -4.72. The Balaban J connectivity index is 0.940. The minimum absolute atomic E-state index is 0.0464. The van der Waals surface area contributed by atoms with E-state index in [1.165, 1.54) is 0 Å². The molecule has 0 saturated heterocycles. The Bertz CT molecular complexity index is 2200. The molecule has 0 aromatic rings. The van der Waals surface area contributed by atoms with E-state index in [0.717, 1.165) is 6.42 Å². The highest BCUT2D eigenvalue weighted by Gasteiger charge is 2.79. The van der Waals surface area contributed by atoms with Crippen molar-refractivity contribution in [3.63, 3.8) is 0 Å². The van der Waals surface area contributed by atoms with Crippen molar-refractivity contribution in [1.82, 2.24) is 0 Å². The van der Waals surface area contributed by atoms with Crippen LogP contribution in [0.25, 0.3) is 0 Å². The lowest BCUT2D eigenvalue weighted by atomic mass is 9.26. The lowest BCUT2D eigenvalue weighted by molar-refractivity contribution is -0.319. The largest absolute Gasteiger partial charge is 0.393 e. The summed E-state index contributed by atoms with van der Waals surface area (Å²) in [6.07, 6.45) is 4.97. The molecular weight excluding hydrogens is 1050 g/mol. The van der Waals surface area contributed by atoms with Crippen LogP contribution in [0.15, 0.2) is 0 Å².